The lowest BCUT2D eigenvalue weighted by Crippen LogP contribution is -2.12. The number of carbonyl (C=O) groups excluding carboxylic acids is 1. The van der Waals surface area contributed by atoms with Gasteiger partial charge in [0, 0.05) is 10.2 Å². The van der Waals surface area contributed by atoms with Crippen molar-refractivity contribution < 1.29 is 19.8 Å². The van der Waals surface area contributed by atoms with E-state index < -0.39 is 11.9 Å². The third kappa shape index (κ3) is 3.16. The van der Waals surface area contributed by atoms with E-state index in [1.165, 1.54) is 36.4 Å². The molecule has 2 aromatic carbocycles. The molecule has 0 bridgehead atoms. The molecular weight excluding hydrogens is 326 g/mol. The third-order valence-corrected chi connectivity index (χ3v) is 3.09. The van der Waals surface area contributed by atoms with Gasteiger partial charge < -0.3 is 15.5 Å². The smallest absolute Gasteiger partial charge is 0.335 e. The summed E-state index contributed by atoms with van der Waals surface area (Å²) in [5.41, 5.74) is 0.715. The van der Waals surface area contributed by atoms with Gasteiger partial charge in [-0.25, -0.2) is 4.79 Å². The van der Waals surface area contributed by atoms with Gasteiger partial charge >= 0.3 is 5.97 Å². The summed E-state index contributed by atoms with van der Waals surface area (Å²) < 4.78 is 0.664. The molecule has 0 heterocycles. The van der Waals surface area contributed by atoms with Gasteiger partial charge in [0.1, 0.15) is 5.75 Å². The minimum atomic E-state index is -1.03. The first-order valence-electron chi connectivity index (χ1n) is 5.60. The van der Waals surface area contributed by atoms with E-state index in [0.717, 1.165) is 0 Å². The van der Waals surface area contributed by atoms with Crippen LogP contribution in [-0.2, 0) is 0 Å². The van der Waals surface area contributed by atoms with Gasteiger partial charge in [0.2, 0.25) is 0 Å². The van der Waals surface area contributed by atoms with Crippen LogP contribution in [-0.4, -0.2) is 22.1 Å². The van der Waals surface area contributed by atoms with Gasteiger partial charge in [0.05, 0.1) is 11.1 Å². The monoisotopic (exact) mass is 335 g/mol. The maximum absolute atomic E-state index is 12.0. The zero-order valence-electron chi connectivity index (χ0n) is 10.1. The second kappa shape index (κ2) is 5.75. The summed E-state index contributed by atoms with van der Waals surface area (Å²) in [5, 5.41) is 21.0. The molecule has 0 spiro atoms. The molecule has 3 N–H and O–H groups in total. The van der Waals surface area contributed by atoms with Crippen LogP contribution in [0.3, 0.4) is 0 Å². The van der Waals surface area contributed by atoms with Crippen molar-refractivity contribution in [2.24, 2.45) is 0 Å². The number of rotatable bonds is 3. The lowest BCUT2D eigenvalue weighted by Gasteiger charge is -2.07. The Hall–Kier alpha value is -2.34. The van der Waals surface area contributed by atoms with Crippen molar-refractivity contribution in [3.8, 4) is 5.75 Å². The molecule has 102 valence electrons. The number of carboxylic acids is 1. The Morgan fingerprint density at radius 1 is 1.05 bits per heavy atom. The Labute approximate surface area is 123 Å². The number of aromatic hydroxyl groups is 1. The lowest BCUT2D eigenvalue weighted by atomic mass is 10.1. The van der Waals surface area contributed by atoms with E-state index >= 15 is 0 Å². The zero-order valence-corrected chi connectivity index (χ0v) is 11.7. The maximum atomic E-state index is 12.0. The summed E-state index contributed by atoms with van der Waals surface area (Å²) in [6, 6.07) is 10.3. The molecule has 0 fully saturated rings. The number of phenols is 1. The molecule has 5 nitrogen and oxygen atoms in total. The Morgan fingerprint density at radius 2 is 1.70 bits per heavy atom. The minimum absolute atomic E-state index is 0.134. The highest BCUT2D eigenvalue weighted by Crippen LogP contribution is 2.23. The fourth-order valence-electron chi connectivity index (χ4n) is 1.59. The zero-order chi connectivity index (χ0) is 14.7. The first-order valence-corrected chi connectivity index (χ1v) is 6.40. The first-order chi connectivity index (χ1) is 9.47. The molecule has 6 heteroatoms. The molecule has 1 amide bonds. The summed E-state index contributed by atoms with van der Waals surface area (Å²) in [6.07, 6.45) is 0. The lowest BCUT2D eigenvalue weighted by molar-refractivity contribution is 0.0696. The summed E-state index contributed by atoms with van der Waals surface area (Å²) >= 11 is 3.19. The van der Waals surface area contributed by atoms with Crippen molar-refractivity contribution in [3.05, 3.63) is 58.1 Å². The van der Waals surface area contributed by atoms with Gasteiger partial charge in [0.15, 0.2) is 0 Å². The molecule has 0 aliphatic rings. The number of benzene rings is 2. The highest BCUT2D eigenvalue weighted by Gasteiger charge is 2.12. The number of hydrogen-bond acceptors (Lipinski definition) is 3. The van der Waals surface area contributed by atoms with E-state index in [-0.39, 0.29) is 16.9 Å². The van der Waals surface area contributed by atoms with Crippen LogP contribution >= 0.6 is 15.9 Å². The van der Waals surface area contributed by atoms with E-state index in [4.69, 9.17) is 5.11 Å². The molecular formula is C14H10BrNO4. The highest BCUT2D eigenvalue weighted by atomic mass is 79.9. The Kier molecular flexibility index (Phi) is 4.05. The number of phenolic OH excluding ortho intramolecular Hbond substituents is 1. The quantitative estimate of drug-likeness (QED) is 0.804. The van der Waals surface area contributed by atoms with Crippen molar-refractivity contribution in [2.75, 3.05) is 5.32 Å². The van der Waals surface area contributed by atoms with Gasteiger partial charge in [-0.2, -0.15) is 0 Å². The normalized spacial score (nSPS) is 10.1. The highest BCUT2D eigenvalue weighted by molar-refractivity contribution is 9.10. The third-order valence-electron chi connectivity index (χ3n) is 2.59. The Morgan fingerprint density at radius 3 is 2.25 bits per heavy atom. The largest absolute Gasteiger partial charge is 0.507 e. The second-order valence-electron chi connectivity index (χ2n) is 4.00. The number of carbonyl (C=O) groups is 2. The topological polar surface area (TPSA) is 86.6 Å². The molecule has 0 saturated heterocycles. The van der Waals surface area contributed by atoms with Crippen molar-refractivity contribution in [3.63, 3.8) is 0 Å². The van der Waals surface area contributed by atoms with Crippen molar-refractivity contribution in [1.82, 2.24) is 0 Å². The van der Waals surface area contributed by atoms with E-state index in [2.05, 4.69) is 21.2 Å². The number of nitrogens with one attached hydrogen (secondary N) is 1. The number of halogens is 1. The molecule has 20 heavy (non-hydrogen) atoms. The maximum Gasteiger partial charge on any atom is 0.335 e. The Bertz CT molecular complexity index is 667. The SMILES string of the molecule is O=C(O)c1ccc(NC(=O)c2ccc(Br)cc2O)cc1. The van der Waals surface area contributed by atoms with E-state index in [9.17, 15) is 14.7 Å². The van der Waals surface area contributed by atoms with E-state index in [0.29, 0.717) is 10.2 Å². The van der Waals surface area contributed by atoms with Crippen LogP contribution in [0.5, 0.6) is 5.75 Å². The van der Waals surface area contributed by atoms with E-state index in [1.807, 2.05) is 0 Å². The van der Waals surface area contributed by atoms with Gasteiger partial charge in [-0.15, -0.1) is 0 Å². The molecule has 0 aliphatic heterocycles. The van der Waals surface area contributed by atoms with Crippen LogP contribution < -0.4 is 5.32 Å². The molecule has 0 atom stereocenters. The summed E-state index contributed by atoms with van der Waals surface area (Å²) in [7, 11) is 0. The van der Waals surface area contributed by atoms with E-state index in [1.54, 1.807) is 6.07 Å². The standard InChI is InChI=1S/C14H10BrNO4/c15-9-3-6-11(12(17)7-9)13(18)16-10-4-1-8(2-5-10)14(19)20/h1-7,17H,(H,16,18)(H,19,20). The molecule has 2 aromatic rings. The summed E-state index contributed by atoms with van der Waals surface area (Å²) in [5.74, 6) is -1.65. The van der Waals surface area contributed by atoms with Gasteiger partial charge in [-0.3, -0.25) is 4.79 Å². The fourth-order valence-corrected chi connectivity index (χ4v) is 1.94. The van der Waals surface area contributed by atoms with Gasteiger partial charge in [0.25, 0.3) is 5.91 Å². The van der Waals surface area contributed by atoms with Crippen molar-refractivity contribution in [1.29, 1.82) is 0 Å². The van der Waals surface area contributed by atoms with Gasteiger partial charge in [-0.1, -0.05) is 15.9 Å². The number of hydrogen-bond donors (Lipinski definition) is 3. The first kappa shape index (κ1) is 14.1. The number of amides is 1. The van der Waals surface area contributed by atoms with Gasteiger partial charge in [-0.05, 0) is 42.5 Å². The number of carboxylic acid groups (broad SMARTS) is 1. The molecule has 0 aromatic heterocycles. The summed E-state index contributed by atoms with van der Waals surface area (Å²) in [6.45, 7) is 0. The van der Waals surface area contributed by atoms with Crippen molar-refractivity contribution in [2.45, 2.75) is 0 Å². The average Bonchev–Trinajstić information content (AvgIpc) is 2.39. The van der Waals surface area contributed by atoms with Crippen LogP contribution in [0.4, 0.5) is 5.69 Å². The van der Waals surface area contributed by atoms with Crippen LogP contribution in [0.25, 0.3) is 0 Å². The predicted molar refractivity (Wildman–Crippen MR) is 77.2 cm³/mol. The van der Waals surface area contributed by atoms with Crippen LogP contribution in [0.15, 0.2) is 46.9 Å². The minimum Gasteiger partial charge on any atom is -0.507 e. The molecule has 0 saturated carbocycles. The fraction of sp³-hybridized carbons (Fsp3) is 0. The molecule has 2 rings (SSSR count). The number of aromatic carboxylic acids is 1. The molecule has 0 unspecified atom stereocenters. The average molecular weight is 336 g/mol. The molecule has 0 radical (unpaired) electrons. The number of anilines is 1. The van der Waals surface area contributed by atoms with Crippen LogP contribution in [0.1, 0.15) is 20.7 Å². The summed E-state index contributed by atoms with van der Waals surface area (Å²) in [4.78, 5) is 22.7. The Balaban J connectivity index is 2.17. The van der Waals surface area contributed by atoms with Crippen molar-refractivity contribution >= 4 is 33.5 Å². The predicted octanol–water partition coefficient (Wildman–Crippen LogP) is 3.11. The second-order valence-corrected chi connectivity index (χ2v) is 4.91. The van der Waals surface area contributed by atoms with Crippen LogP contribution in [0.2, 0.25) is 0 Å². The molecule has 0 aliphatic carbocycles. The van der Waals surface area contributed by atoms with Crippen LogP contribution in [0, 0.1) is 0 Å².